The Morgan fingerprint density at radius 2 is 1.72 bits per heavy atom. The molecule has 25 heavy (non-hydrogen) atoms. The number of carbonyl (C=O) groups excluding carboxylic acids is 1. The van der Waals surface area contributed by atoms with Crippen molar-refractivity contribution in [3.05, 3.63) is 77.9 Å². The predicted molar refractivity (Wildman–Crippen MR) is 100 cm³/mol. The Kier molecular flexibility index (Phi) is 7.89. The summed E-state index contributed by atoms with van der Waals surface area (Å²) in [6, 6.07) is 19.5. The van der Waals surface area contributed by atoms with E-state index in [-0.39, 0.29) is 18.6 Å². The van der Waals surface area contributed by atoms with Gasteiger partial charge in [-0.3, -0.25) is 4.79 Å². The zero-order chi connectivity index (χ0) is 17.9. The van der Waals surface area contributed by atoms with Crippen molar-refractivity contribution in [3.63, 3.8) is 0 Å². The van der Waals surface area contributed by atoms with Gasteiger partial charge in [0, 0.05) is 6.08 Å². The summed E-state index contributed by atoms with van der Waals surface area (Å²) in [5.74, 6) is -0.162. The summed E-state index contributed by atoms with van der Waals surface area (Å²) in [5, 5.41) is 12.3. The first kappa shape index (κ1) is 18.9. The molecule has 1 amide bonds. The maximum absolute atomic E-state index is 12.2. The molecule has 2 aromatic rings. The molecule has 0 radical (unpaired) electrons. The average Bonchev–Trinajstić information content (AvgIpc) is 2.61. The van der Waals surface area contributed by atoms with Gasteiger partial charge >= 0.3 is 0 Å². The van der Waals surface area contributed by atoms with Crippen LogP contribution < -0.4 is 5.32 Å². The van der Waals surface area contributed by atoms with Crippen molar-refractivity contribution < 1.29 is 14.6 Å². The normalized spacial score (nSPS) is 13.5. The molecule has 0 heterocycles. The van der Waals surface area contributed by atoms with Gasteiger partial charge in [0.1, 0.15) is 0 Å². The summed E-state index contributed by atoms with van der Waals surface area (Å²) in [4.78, 5) is 12.2. The summed E-state index contributed by atoms with van der Waals surface area (Å²) in [7, 11) is 0. The highest BCUT2D eigenvalue weighted by atomic mass is 16.5. The Hall–Kier alpha value is -2.43. The number of carbonyl (C=O) groups is 1. The number of amides is 1. The van der Waals surface area contributed by atoms with E-state index in [1.165, 1.54) is 6.08 Å². The lowest BCUT2D eigenvalue weighted by atomic mass is 10.1. The number of nitrogens with one attached hydrogen (secondary N) is 1. The van der Waals surface area contributed by atoms with Gasteiger partial charge in [-0.1, -0.05) is 60.7 Å². The molecule has 0 fully saturated rings. The highest BCUT2D eigenvalue weighted by molar-refractivity contribution is 5.91. The molecule has 0 spiro atoms. The second-order valence-corrected chi connectivity index (χ2v) is 6.03. The number of aliphatic hydroxyl groups excluding tert-OH is 1. The molecular formula is C21H25NO3. The first-order valence-electron chi connectivity index (χ1n) is 8.47. The monoisotopic (exact) mass is 339 g/mol. The molecule has 0 aromatic heterocycles. The van der Waals surface area contributed by atoms with Crippen LogP contribution >= 0.6 is 0 Å². The van der Waals surface area contributed by atoms with Crippen LogP contribution in [0.2, 0.25) is 0 Å². The van der Waals surface area contributed by atoms with Gasteiger partial charge < -0.3 is 15.2 Å². The van der Waals surface area contributed by atoms with Gasteiger partial charge in [0.2, 0.25) is 5.91 Å². The van der Waals surface area contributed by atoms with Crippen LogP contribution in [0.5, 0.6) is 0 Å². The van der Waals surface area contributed by atoms with Gasteiger partial charge in [-0.15, -0.1) is 0 Å². The number of aliphatic hydroxyl groups is 1. The molecule has 2 rings (SSSR count). The van der Waals surface area contributed by atoms with Crippen LogP contribution in [-0.4, -0.2) is 36.4 Å². The van der Waals surface area contributed by atoms with E-state index in [0.29, 0.717) is 13.0 Å². The number of ether oxygens (including phenoxy) is 1. The van der Waals surface area contributed by atoms with Crippen molar-refractivity contribution >= 4 is 12.0 Å². The van der Waals surface area contributed by atoms with E-state index in [1.807, 2.05) is 60.7 Å². The van der Waals surface area contributed by atoms with Gasteiger partial charge in [0.15, 0.2) is 0 Å². The van der Waals surface area contributed by atoms with Crippen LogP contribution in [0, 0.1) is 0 Å². The first-order chi connectivity index (χ1) is 12.1. The van der Waals surface area contributed by atoms with Crippen LogP contribution in [0.1, 0.15) is 18.1 Å². The minimum atomic E-state index is -0.522. The van der Waals surface area contributed by atoms with Crippen molar-refractivity contribution in [2.24, 2.45) is 0 Å². The van der Waals surface area contributed by atoms with Crippen molar-refractivity contribution in [2.75, 3.05) is 13.2 Å². The molecule has 0 saturated carbocycles. The SMILES string of the molecule is CC(O)COCC(Cc1ccccc1)NC(=O)C=Cc1ccccc1. The minimum Gasteiger partial charge on any atom is -0.391 e. The van der Waals surface area contributed by atoms with Crippen molar-refractivity contribution in [1.29, 1.82) is 0 Å². The third-order valence-corrected chi connectivity index (χ3v) is 3.58. The molecule has 0 bridgehead atoms. The van der Waals surface area contributed by atoms with Crippen LogP contribution in [0.25, 0.3) is 6.08 Å². The van der Waals surface area contributed by atoms with Crippen LogP contribution in [0.4, 0.5) is 0 Å². The number of benzene rings is 2. The summed E-state index contributed by atoms with van der Waals surface area (Å²) in [6.45, 7) is 2.28. The molecule has 2 atom stereocenters. The van der Waals surface area contributed by atoms with E-state index in [2.05, 4.69) is 5.32 Å². The lowest BCUT2D eigenvalue weighted by Crippen LogP contribution is -2.39. The molecule has 0 saturated heterocycles. The second kappa shape index (κ2) is 10.4. The molecule has 132 valence electrons. The molecule has 4 nitrogen and oxygen atoms in total. The highest BCUT2D eigenvalue weighted by Gasteiger charge is 2.12. The fourth-order valence-corrected chi connectivity index (χ4v) is 2.42. The summed E-state index contributed by atoms with van der Waals surface area (Å²) >= 11 is 0. The maximum Gasteiger partial charge on any atom is 0.244 e. The quantitative estimate of drug-likeness (QED) is 0.691. The Morgan fingerprint density at radius 1 is 1.08 bits per heavy atom. The fraction of sp³-hybridized carbons (Fsp3) is 0.286. The summed E-state index contributed by atoms with van der Waals surface area (Å²) < 4.78 is 5.50. The Morgan fingerprint density at radius 3 is 2.36 bits per heavy atom. The third-order valence-electron chi connectivity index (χ3n) is 3.58. The molecule has 4 heteroatoms. The minimum absolute atomic E-state index is 0.158. The molecule has 2 N–H and O–H groups in total. The van der Waals surface area contributed by atoms with Crippen LogP contribution in [-0.2, 0) is 16.0 Å². The zero-order valence-corrected chi connectivity index (χ0v) is 14.5. The van der Waals surface area contributed by atoms with Crippen molar-refractivity contribution in [3.8, 4) is 0 Å². The number of rotatable bonds is 9. The lowest BCUT2D eigenvalue weighted by Gasteiger charge is -2.19. The Labute approximate surface area is 149 Å². The Bertz CT molecular complexity index is 653. The van der Waals surface area contributed by atoms with Crippen molar-refractivity contribution in [1.82, 2.24) is 5.32 Å². The third kappa shape index (κ3) is 7.79. The molecule has 0 aliphatic rings. The molecular weight excluding hydrogens is 314 g/mol. The largest absolute Gasteiger partial charge is 0.391 e. The smallest absolute Gasteiger partial charge is 0.244 e. The highest BCUT2D eigenvalue weighted by Crippen LogP contribution is 2.05. The van der Waals surface area contributed by atoms with E-state index in [1.54, 1.807) is 13.0 Å². The van der Waals surface area contributed by atoms with Gasteiger partial charge in [0.25, 0.3) is 0 Å². The first-order valence-corrected chi connectivity index (χ1v) is 8.47. The summed E-state index contributed by atoms with van der Waals surface area (Å²) in [6.07, 6.45) is 3.46. The van der Waals surface area contributed by atoms with Gasteiger partial charge in [-0.25, -0.2) is 0 Å². The molecule has 0 aliphatic carbocycles. The van der Waals surface area contributed by atoms with Gasteiger partial charge in [0.05, 0.1) is 25.4 Å². The summed E-state index contributed by atoms with van der Waals surface area (Å²) in [5.41, 5.74) is 2.10. The topological polar surface area (TPSA) is 58.6 Å². The standard InChI is InChI=1S/C21H25NO3/c1-17(23)15-25-16-20(14-19-10-6-3-7-11-19)22-21(24)13-12-18-8-4-2-5-9-18/h2-13,17,20,23H,14-16H2,1H3,(H,22,24). The van der Waals surface area contributed by atoms with E-state index < -0.39 is 6.10 Å². The predicted octanol–water partition coefficient (Wildman–Crippen LogP) is 2.82. The van der Waals surface area contributed by atoms with E-state index in [0.717, 1.165) is 11.1 Å². The van der Waals surface area contributed by atoms with Crippen LogP contribution in [0.15, 0.2) is 66.7 Å². The van der Waals surface area contributed by atoms with E-state index >= 15 is 0 Å². The van der Waals surface area contributed by atoms with Crippen molar-refractivity contribution in [2.45, 2.75) is 25.5 Å². The van der Waals surface area contributed by atoms with E-state index in [4.69, 9.17) is 4.74 Å². The molecule has 2 aromatic carbocycles. The van der Waals surface area contributed by atoms with Gasteiger partial charge in [-0.2, -0.15) is 0 Å². The number of hydrogen-bond acceptors (Lipinski definition) is 3. The average molecular weight is 339 g/mol. The number of hydrogen-bond donors (Lipinski definition) is 2. The lowest BCUT2D eigenvalue weighted by molar-refractivity contribution is -0.117. The maximum atomic E-state index is 12.2. The second-order valence-electron chi connectivity index (χ2n) is 6.03. The van der Waals surface area contributed by atoms with E-state index in [9.17, 15) is 9.90 Å². The molecule has 2 unspecified atom stereocenters. The Balaban J connectivity index is 1.93. The zero-order valence-electron chi connectivity index (χ0n) is 14.5. The molecule has 0 aliphatic heterocycles. The van der Waals surface area contributed by atoms with Gasteiger partial charge in [-0.05, 0) is 30.5 Å². The fourth-order valence-electron chi connectivity index (χ4n) is 2.42. The van der Waals surface area contributed by atoms with Crippen LogP contribution in [0.3, 0.4) is 0 Å².